The average molecular weight is 170 g/mol. The summed E-state index contributed by atoms with van der Waals surface area (Å²) < 4.78 is 0. The zero-order valence-corrected chi connectivity index (χ0v) is 7.39. The van der Waals surface area contributed by atoms with Crippen molar-refractivity contribution in [1.29, 1.82) is 0 Å². The van der Waals surface area contributed by atoms with Crippen molar-refractivity contribution in [1.82, 2.24) is 9.97 Å². The maximum Gasteiger partial charge on any atom is 0.147 e. The predicted octanol–water partition coefficient (Wildman–Crippen LogP) is 2.29. The van der Waals surface area contributed by atoms with Crippen LogP contribution in [0.1, 0.15) is 19.5 Å². The molecular weight excluding hydrogens is 160 g/mol. The van der Waals surface area contributed by atoms with Crippen LogP contribution >= 0.6 is 11.6 Å². The predicted molar refractivity (Wildman–Crippen MR) is 45.3 cm³/mol. The molecule has 0 N–H and O–H groups in total. The third kappa shape index (κ3) is 2.85. The third-order valence-electron chi connectivity index (χ3n) is 1.21. The third-order valence-corrected chi connectivity index (χ3v) is 1.40. The molecule has 0 amide bonds. The van der Waals surface area contributed by atoms with Gasteiger partial charge in [0.25, 0.3) is 0 Å². The molecule has 0 aliphatic carbocycles. The summed E-state index contributed by atoms with van der Waals surface area (Å²) in [5.41, 5.74) is 0.967. The standard InChI is InChI=1S/C8H10ClN2/c1-6(2)3-7-4-11-8(9)5-10-7/h4-5H,3H2,1-2H3. The van der Waals surface area contributed by atoms with Crippen LogP contribution in [0.3, 0.4) is 0 Å². The molecule has 11 heavy (non-hydrogen) atoms. The smallest absolute Gasteiger partial charge is 0.147 e. The van der Waals surface area contributed by atoms with Crippen molar-refractivity contribution in [2.24, 2.45) is 0 Å². The van der Waals surface area contributed by atoms with Crippen LogP contribution in [0.15, 0.2) is 12.4 Å². The van der Waals surface area contributed by atoms with Gasteiger partial charge in [-0.1, -0.05) is 25.4 Å². The van der Waals surface area contributed by atoms with Crippen molar-refractivity contribution >= 4 is 11.6 Å². The summed E-state index contributed by atoms with van der Waals surface area (Å²) in [6.07, 6.45) is 4.15. The number of aromatic nitrogens is 2. The van der Waals surface area contributed by atoms with Gasteiger partial charge < -0.3 is 0 Å². The fourth-order valence-electron chi connectivity index (χ4n) is 0.793. The number of hydrogen-bond donors (Lipinski definition) is 0. The van der Waals surface area contributed by atoms with Crippen LogP contribution in [0.2, 0.25) is 5.15 Å². The lowest BCUT2D eigenvalue weighted by Crippen LogP contribution is -1.95. The van der Waals surface area contributed by atoms with Crippen LogP contribution in [0.5, 0.6) is 0 Å². The van der Waals surface area contributed by atoms with Crippen LogP contribution in [-0.2, 0) is 6.42 Å². The molecule has 1 heterocycles. The van der Waals surface area contributed by atoms with Crippen molar-refractivity contribution in [3.8, 4) is 0 Å². The van der Waals surface area contributed by atoms with Crippen LogP contribution in [-0.4, -0.2) is 9.97 Å². The van der Waals surface area contributed by atoms with E-state index < -0.39 is 0 Å². The van der Waals surface area contributed by atoms with E-state index in [1.54, 1.807) is 12.4 Å². The number of halogens is 1. The van der Waals surface area contributed by atoms with E-state index in [1.165, 1.54) is 5.92 Å². The van der Waals surface area contributed by atoms with Gasteiger partial charge in [0, 0.05) is 0 Å². The fraction of sp³-hybridized carbons (Fsp3) is 0.375. The van der Waals surface area contributed by atoms with E-state index in [1.807, 2.05) is 0 Å². The maximum absolute atomic E-state index is 5.57. The minimum absolute atomic E-state index is 0.447. The van der Waals surface area contributed by atoms with E-state index in [2.05, 4.69) is 23.8 Å². The lowest BCUT2D eigenvalue weighted by Gasteiger charge is -2.01. The first kappa shape index (κ1) is 8.47. The largest absolute Gasteiger partial charge is 0.256 e. The van der Waals surface area contributed by atoms with E-state index >= 15 is 0 Å². The van der Waals surface area contributed by atoms with Crippen LogP contribution in [0.25, 0.3) is 0 Å². The molecule has 1 aromatic rings. The average Bonchev–Trinajstić information content (AvgIpc) is 1.93. The monoisotopic (exact) mass is 169 g/mol. The van der Waals surface area contributed by atoms with Gasteiger partial charge in [-0.15, -0.1) is 0 Å². The van der Waals surface area contributed by atoms with Crippen LogP contribution in [0, 0.1) is 5.92 Å². The van der Waals surface area contributed by atoms with Crippen molar-refractivity contribution in [2.75, 3.05) is 0 Å². The maximum atomic E-state index is 5.57. The topological polar surface area (TPSA) is 25.8 Å². The second kappa shape index (κ2) is 3.67. The molecule has 0 aliphatic heterocycles. The van der Waals surface area contributed by atoms with Crippen molar-refractivity contribution in [3.05, 3.63) is 29.2 Å². The summed E-state index contributed by atoms with van der Waals surface area (Å²) >= 11 is 5.57. The number of nitrogens with zero attached hydrogens (tertiary/aromatic N) is 2. The highest BCUT2D eigenvalue weighted by molar-refractivity contribution is 6.29. The Morgan fingerprint density at radius 3 is 2.55 bits per heavy atom. The zero-order chi connectivity index (χ0) is 8.27. The SMILES string of the molecule is C[C](C)Cc1cnc(Cl)cn1. The van der Waals surface area contributed by atoms with E-state index in [9.17, 15) is 0 Å². The molecule has 0 atom stereocenters. The van der Waals surface area contributed by atoms with Gasteiger partial charge in [0.15, 0.2) is 0 Å². The molecule has 0 spiro atoms. The van der Waals surface area contributed by atoms with E-state index in [-0.39, 0.29) is 0 Å². The van der Waals surface area contributed by atoms with Crippen LogP contribution < -0.4 is 0 Å². The Kier molecular flexibility index (Phi) is 2.83. The molecule has 59 valence electrons. The molecule has 0 unspecified atom stereocenters. The van der Waals surface area contributed by atoms with Crippen molar-refractivity contribution in [3.63, 3.8) is 0 Å². The Morgan fingerprint density at radius 2 is 2.09 bits per heavy atom. The Labute approximate surface area is 71.6 Å². The Bertz CT molecular complexity index is 218. The van der Waals surface area contributed by atoms with Crippen molar-refractivity contribution in [2.45, 2.75) is 20.3 Å². The summed E-state index contributed by atoms with van der Waals surface area (Å²) in [6.45, 7) is 4.13. The lowest BCUT2D eigenvalue weighted by molar-refractivity contribution is 0.903. The minimum atomic E-state index is 0.447. The highest BCUT2D eigenvalue weighted by Crippen LogP contribution is 2.07. The number of hydrogen-bond acceptors (Lipinski definition) is 2. The molecule has 0 bridgehead atoms. The molecule has 1 radical (unpaired) electrons. The summed E-state index contributed by atoms with van der Waals surface area (Å²) in [7, 11) is 0. The summed E-state index contributed by atoms with van der Waals surface area (Å²) in [5, 5.41) is 0.447. The second-order valence-corrected chi connectivity index (χ2v) is 3.10. The quantitative estimate of drug-likeness (QED) is 0.679. The van der Waals surface area contributed by atoms with Crippen molar-refractivity contribution < 1.29 is 0 Å². The van der Waals surface area contributed by atoms with E-state index in [0.29, 0.717) is 5.15 Å². The van der Waals surface area contributed by atoms with E-state index in [0.717, 1.165) is 12.1 Å². The Balaban J connectivity index is 2.66. The second-order valence-electron chi connectivity index (χ2n) is 2.71. The molecule has 1 aromatic heterocycles. The molecule has 0 fully saturated rings. The molecule has 0 saturated heterocycles. The van der Waals surface area contributed by atoms with Gasteiger partial charge in [0.1, 0.15) is 5.15 Å². The molecule has 0 aromatic carbocycles. The lowest BCUT2D eigenvalue weighted by atomic mass is 10.1. The van der Waals surface area contributed by atoms with Gasteiger partial charge in [-0.2, -0.15) is 0 Å². The summed E-state index contributed by atoms with van der Waals surface area (Å²) in [6, 6.07) is 0. The van der Waals surface area contributed by atoms with Gasteiger partial charge in [-0.25, -0.2) is 4.98 Å². The molecule has 0 saturated carbocycles. The highest BCUT2D eigenvalue weighted by atomic mass is 35.5. The Hall–Kier alpha value is -0.630. The first-order valence-corrected chi connectivity index (χ1v) is 3.82. The first-order chi connectivity index (χ1) is 5.18. The summed E-state index contributed by atoms with van der Waals surface area (Å²) in [5.74, 6) is 1.32. The first-order valence-electron chi connectivity index (χ1n) is 3.44. The van der Waals surface area contributed by atoms with Gasteiger partial charge in [-0.3, -0.25) is 4.98 Å². The molecule has 1 rings (SSSR count). The van der Waals surface area contributed by atoms with Gasteiger partial charge in [0.2, 0.25) is 0 Å². The molecule has 0 aliphatic rings. The fourth-order valence-corrected chi connectivity index (χ4v) is 0.890. The van der Waals surface area contributed by atoms with Gasteiger partial charge >= 0.3 is 0 Å². The molecule has 2 nitrogen and oxygen atoms in total. The summed E-state index contributed by atoms with van der Waals surface area (Å²) in [4.78, 5) is 8.02. The highest BCUT2D eigenvalue weighted by Gasteiger charge is 1.98. The Morgan fingerprint density at radius 1 is 1.36 bits per heavy atom. The van der Waals surface area contributed by atoms with Gasteiger partial charge in [-0.05, 0) is 12.3 Å². The molecular formula is C8H10ClN2. The number of rotatable bonds is 2. The van der Waals surface area contributed by atoms with Gasteiger partial charge in [0.05, 0.1) is 18.1 Å². The van der Waals surface area contributed by atoms with Crippen LogP contribution in [0.4, 0.5) is 0 Å². The normalized spacial score (nSPS) is 10.5. The molecule has 3 heteroatoms. The minimum Gasteiger partial charge on any atom is -0.256 e. The zero-order valence-electron chi connectivity index (χ0n) is 6.63. The van der Waals surface area contributed by atoms with E-state index in [4.69, 9.17) is 11.6 Å².